The van der Waals surface area contributed by atoms with Crippen molar-refractivity contribution < 1.29 is 9.90 Å². The Balaban J connectivity index is 1.68. The summed E-state index contributed by atoms with van der Waals surface area (Å²) in [5.41, 5.74) is 0.955. The minimum absolute atomic E-state index is 0.0266. The van der Waals surface area contributed by atoms with Gasteiger partial charge in [-0.1, -0.05) is 48.5 Å². The van der Waals surface area contributed by atoms with Crippen molar-refractivity contribution in [3.8, 4) is 0 Å². The Morgan fingerprint density at radius 3 is 2.50 bits per heavy atom. The van der Waals surface area contributed by atoms with Gasteiger partial charge in [0.2, 0.25) is 5.91 Å². The predicted molar refractivity (Wildman–Crippen MR) is 90.5 cm³/mol. The zero-order chi connectivity index (χ0) is 16.9. The van der Waals surface area contributed by atoms with Gasteiger partial charge < -0.3 is 10.4 Å². The molecule has 1 atom stereocenters. The van der Waals surface area contributed by atoms with E-state index >= 15 is 0 Å². The highest BCUT2D eigenvalue weighted by atomic mass is 16.3. The molecule has 1 heterocycles. The minimum Gasteiger partial charge on any atom is -0.387 e. The molecule has 0 fully saturated rings. The Bertz CT molecular complexity index is 906. The Morgan fingerprint density at radius 2 is 1.75 bits per heavy atom. The lowest BCUT2D eigenvalue weighted by molar-refractivity contribution is -0.120. The van der Waals surface area contributed by atoms with E-state index in [1.165, 1.54) is 0 Å². The quantitative estimate of drug-likeness (QED) is 0.660. The molecule has 0 saturated carbocycles. The Labute approximate surface area is 138 Å². The van der Waals surface area contributed by atoms with Crippen LogP contribution < -0.4 is 10.9 Å². The maximum Gasteiger partial charge on any atom is 0.272 e. The van der Waals surface area contributed by atoms with Crippen LogP contribution in [-0.2, 0) is 11.2 Å². The fourth-order valence-electron chi connectivity index (χ4n) is 2.52. The number of hydrogen-bond donors (Lipinski definition) is 3. The number of aromatic amines is 1. The maximum absolute atomic E-state index is 12.1. The monoisotopic (exact) mass is 323 g/mol. The van der Waals surface area contributed by atoms with Crippen LogP contribution in [0, 0.1) is 0 Å². The third kappa shape index (κ3) is 3.49. The van der Waals surface area contributed by atoms with Crippen molar-refractivity contribution in [3.05, 3.63) is 76.2 Å². The zero-order valence-electron chi connectivity index (χ0n) is 12.9. The van der Waals surface area contributed by atoms with E-state index in [2.05, 4.69) is 15.5 Å². The SMILES string of the molecule is O=C(Cc1n[nH]c(=O)c2ccccc12)NCC(O)c1ccccc1. The molecule has 3 aromatic rings. The van der Waals surface area contributed by atoms with Crippen LogP contribution in [0.5, 0.6) is 0 Å². The molecule has 1 amide bonds. The molecule has 3 N–H and O–H groups in total. The lowest BCUT2D eigenvalue weighted by atomic mass is 10.1. The van der Waals surface area contributed by atoms with Crippen LogP contribution in [0.15, 0.2) is 59.4 Å². The Morgan fingerprint density at radius 1 is 1.08 bits per heavy atom. The van der Waals surface area contributed by atoms with Gasteiger partial charge in [0.15, 0.2) is 0 Å². The maximum atomic E-state index is 12.1. The highest BCUT2D eigenvalue weighted by molar-refractivity contribution is 5.88. The molecule has 0 bridgehead atoms. The van der Waals surface area contributed by atoms with Crippen LogP contribution >= 0.6 is 0 Å². The summed E-state index contributed by atoms with van der Waals surface area (Å²) in [6.45, 7) is 0.115. The van der Waals surface area contributed by atoms with Crippen molar-refractivity contribution in [2.24, 2.45) is 0 Å². The second kappa shape index (κ2) is 7.06. The number of carbonyl (C=O) groups is 1. The number of rotatable bonds is 5. The van der Waals surface area contributed by atoms with Gasteiger partial charge in [0.1, 0.15) is 0 Å². The fraction of sp³-hybridized carbons (Fsp3) is 0.167. The average Bonchev–Trinajstić information content (AvgIpc) is 2.63. The first-order valence-corrected chi connectivity index (χ1v) is 7.61. The first kappa shape index (κ1) is 15.9. The number of aliphatic hydroxyl groups excluding tert-OH is 1. The molecular weight excluding hydrogens is 306 g/mol. The minimum atomic E-state index is -0.768. The molecule has 6 nitrogen and oxygen atoms in total. The summed E-state index contributed by atoms with van der Waals surface area (Å²) in [6, 6.07) is 16.1. The lowest BCUT2D eigenvalue weighted by Gasteiger charge is -2.12. The summed E-state index contributed by atoms with van der Waals surface area (Å²) in [4.78, 5) is 23.9. The van der Waals surface area contributed by atoms with Gasteiger partial charge in [-0.2, -0.15) is 5.10 Å². The molecule has 0 radical (unpaired) electrons. The average molecular weight is 323 g/mol. The van der Waals surface area contributed by atoms with E-state index in [4.69, 9.17) is 0 Å². The van der Waals surface area contributed by atoms with E-state index in [-0.39, 0.29) is 24.4 Å². The topological polar surface area (TPSA) is 95.1 Å². The van der Waals surface area contributed by atoms with E-state index in [0.717, 1.165) is 5.56 Å². The van der Waals surface area contributed by atoms with Gasteiger partial charge in [-0.15, -0.1) is 0 Å². The van der Waals surface area contributed by atoms with Gasteiger partial charge in [-0.3, -0.25) is 9.59 Å². The van der Waals surface area contributed by atoms with Gasteiger partial charge in [-0.05, 0) is 11.6 Å². The van der Waals surface area contributed by atoms with Crippen LogP contribution in [0.1, 0.15) is 17.4 Å². The van der Waals surface area contributed by atoms with Crippen LogP contribution in [0.25, 0.3) is 10.8 Å². The molecule has 0 spiro atoms. The number of aliphatic hydroxyl groups is 1. The van der Waals surface area contributed by atoms with Crippen molar-refractivity contribution in [2.45, 2.75) is 12.5 Å². The molecule has 1 unspecified atom stereocenters. The zero-order valence-corrected chi connectivity index (χ0v) is 12.9. The van der Waals surface area contributed by atoms with Crippen molar-refractivity contribution >= 4 is 16.7 Å². The van der Waals surface area contributed by atoms with Crippen molar-refractivity contribution in [1.29, 1.82) is 0 Å². The van der Waals surface area contributed by atoms with Crippen LogP contribution in [-0.4, -0.2) is 27.8 Å². The second-order valence-electron chi connectivity index (χ2n) is 5.45. The molecule has 2 aromatic carbocycles. The van der Waals surface area contributed by atoms with Gasteiger partial charge in [0, 0.05) is 11.9 Å². The second-order valence-corrected chi connectivity index (χ2v) is 5.45. The van der Waals surface area contributed by atoms with Gasteiger partial charge in [0.05, 0.1) is 23.6 Å². The third-order valence-corrected chi connectivity index (χ3v) is 3.78. The first-order chi connectivity index (χ1) is 11.6. The fourth-order valence-corrected chi connectivity index (χ4v) is 2.52. The Kier molecular flexibility index (Phi) is 4.67. The first-order valence-electron chi connectivity index (χ1n) is 7.61. The van der Waals surface area contributed by atoms with E-state index in [1.807, 2.05) is 18.2 Å². The highest BCUT2D eigenvalue weighted by Gasteiger charge is 2.12. The predicted octanol–water partition coefficient (Wildman–Crippen LogP) is 1.32. The summed E-state index contributed by atoms with van der Waals surface area (Å²) in [5.74, 6) is -0.269. The number of carbonyl (C=O) groups excluding carboxylic acids is 1. The lowest BCUT2D eigenvalue weighted by Crippen LogP contribution is -2.30. The molecular formula is C18H17N3O3. The molecule has 24 heavy (non-hydrogen) atoms. The molecule has 3 rings (SSSR count). The number of H-pyrrole nitrogens is 1. The van der Waals surface area contributed by atoms with E-state index in [1.54, 1.807) is 36.4 Å². The molecule has 0 aliphatic heterocycles. The normalized spacial score (nSPS) is 12.0. The van der Waals surface area contributed by atoms with E-state index in [9.17, 15) is 14.7 Å². The van der Waals surface area contributed by atoms with Crippen molar-refractivity contribution in [1.82, 2.24) is 15.5 Å². The van der Waals surface area contributed by atoms with E-state index < -0.39 is 6.10 Å². The molecule has 0 aliphatic rings. The molecule has 0 aliphatic carbocycles. The summed E-state index contributed by atoms with van der Waals surface area (Å²) >= 11 is 0. The van der Waals surface area contributed by atoms with E-state index in [0.29, 0.717) is 16.5 Å². The van der Waals surface area contributed by atoms with Crippen LogP contribution in [0.3, 0.4) is 0 Å². The third-order valence-electron chi connectivity index (χ3n) is 3.78. The number of benzene rings is 2. The Hall–Kier alpha value is -2.99. The summed E-state index contributed by atoms with van der Waals surface area (Å²) in [5, 5.41) is 20.3. The highest BCUT2D eigenvalue weighted by Crippen LogP contribution is 2.13. The number of amides is 1. The number of hydrogen-bond acceptors (Lipinski definition) is 4. The molecule has 6 heteroatoms. The number of nitrogens with zero attached hydrogens (tertiary/aromatic N) is 1. The van der Waals surface area contributed by atoms with Crippen molar-refractivity contribution in [2.75, 3.05) is 6.54 Å². The largest absolute Gasteiger partial charge is 0.387 e. The standard InChI is InChI=1S/C18H17N3O3/c22-16(12-6-2-1-3-7-12)11-19-17(23)10-15-13-8-4-5-9-14(13)18(24)21-20-15/h1-9,16,22H,10-11H2,(H,19,23)(H,21,24). The molecule has 122 valence electrons. The van der Waals surface area contributed by atoms with Gasteiger partial charge in [-0.25, -0.2) is 5.10 Å². The summed E-state index contributed by atoms with van der Waals surface area (Å²) in [6.07, 6.45) is -0.742. The van der Waals surface area contributed by atoms with Crippen LogP contribution in [0.2, 0.25) is 0 Å². The summed E-state index contributed by atoms with van der Waals surface area (Å²) < 4.78 is 0. The van der Waals surface area contributed by atoms with Crippen molar-refractivity contribution in [3.63, 3.8) is 0 Å². The van der Waals surface area contributed by atoms with Gasteiger partial charge >= 0.3 is 0 Å². The smallest absolute Gasteiger partial charge is 0.272 e. The van der Waals surface area contributed by atoms with Gasteiger partial charge in [0.25, 0.3) is 5.56 Å². The molecule has 0 saturated heterocycles. The number of nitrogens with one attached hydrogen (secondary N) is 2. The van der Waals surface area contributed by atoms with Crippen LogP contribution in [0.4, 0.5) is 0 Å². The summed E-state index contributed by atoms with van der Waals surface area (Å²) in [7, 11) is 0. The number of aromatic nitrogens is 2. The number of fused-ring (bicyclic) bond motifs is 1. The molecule has 1 aromatic heterocycles.